The first-order chi connectivity index (χ1) is 10.1. The zero-order valence-electron chi connectivity index (χ0n) is 11.7. The highest BCUT2D eigenvalue weighted by atomic mass is 32.1. The van der Waals surface area contributed by atoms with E-state index < -0.39 is 11.4 Å². The quantitative estimate of drug-likeness (QED) is 0.633. The van der Waals surface area contributed by atoms with Crippen LogP contribution in [0.15, 0.2) is 33.9 Å². The fourth-order valence-electron chi connectivity index (χ4n) is 1.92. The monoisotopic (exact) mass is 307 g/mol. The van der Waals surface area contributed by atoms with Crippen molar-refractivity contribution in [2.75, 3.05) is 6.61 Å². The van der Waals surface area contributed by atoms with Gasteiger partial charge in [-0.3, -0.25) is 9.97 Å². The molecule has 1 heterocycles. The number of rotatable bonds is 6. The van der Waals surface area contributed by atoms with Crippen LogP contribution in [0.25, 0.3) is 5.69 Å². The Morgan fingerprint density at radius 2 is 1.90 bits per heavy atom. The predicted molar refractivity (Wildman–Crippen MR) is 82.9 cm³/mol. The van der Waals surface area contributed by atoms with Crippen molar-refractivity contribution in [2.24, 2.45) is 0 Å². The van der Waals surface area contributed by atoms with E-state index in [1.807, 2.05) is 0 Å². The maximum Gasteiger partial charge on any atom is 0.336 e. The third-order valence-electron chi connectivity index (χ3n) is 2.94. The van der Waals surface area contributed by atoms with Gasteiger partial charge in [-0.1, -0.05) is 25.8 Å². The SMILES string of the molecule is CCCCCOc1cccc(-n2c(=O)[nH]c(=S)[nH]c2=O)c1. The van der Waals surface area contributed by atoms with Crippen LogP contribution in [0.2, 0.25) is 0 Å². The number of benzene rings is 1. The van der Waals surface area contributed by atoms with Crippen LogP contribution >= 0.6 is 12.2 Å². The molecule has 6 nitrogen and oxygen atoms in total. The van der Waals surface area contributed by atoms with Crippen LogP contribution in [0, 0.1) is 4.77 Å². The number of nitrogens with zero attached hydrogens (tertiary/aromatic N) is 1. The highest BCUT2D eigenvalue weighted by molar-refractivity contribution is 7.71. The molecule has 21 heavy (non-hydrogen) atoms. The van der Waals surface area contributed by atoms with Crippen molar-refractivity contribution in [1.82, 2.24) is 14.5 Å². The Bertz CT molecular complexity index is 742. The van der Waals surface area contributed by atoms with Gasteiger partial charge < -0.3 is 4.74 Å². The number of ether oxygens (including phenoxy) is 1. The molecular formula is C14H17N3O3S. The van der Waals surface area contributed by atoms with Gasteiger partial charge in [-0.05, 0) is 30.8 Å². The Kier molecular flexibility index (Phi) is 5.10. The second-order valence-electron chi connectivity index (χ2n) is 4.58. The van der Waals surface area contributed by atoms with Gasteiger partial charge in [-0.2, -0.15) is 0 Å². The van der Waals surface area contributed by atoms with Crippen molar-refractivity contribution in [3.05, 3.63) is 50.0 Å². The minimum Gasteiger partial charge on any atom is -0.494 e. The largest absolute Gasteiger partial charge is 0.494 e. The highest BCUT2D eigenvalue weighted by Crippen LogP contribution is 2.15. The van der Waals surface area contributed by atoms with Crippen LogP contribution < -0.4 is 16.1 Å². The Balaban J connectivity index is 2.28. The van der Waals surface area contributed by atoms with E-state index in [0.29, 0.717) is 18.0 Å². The Morgan fingerprint density at radius 1 is 1.19 bits per heavy atom. The number of hydrogen-bond donors (Lipinski definition) is 2. The molecule has 0 atom stereocenters. The molecule has 2 aromatic rings. The summed E-state index contributed by atoms with van der Waals surface area (Å²) in [7, 11) is 0. The number of aromatic nitrogens is 3. The van der Waals surface area contributed by atoms with Crippen LogP contribution in [-0.4, -0.2) is 21.1 Å². The van der Waals surface area contributed by atoms with Gasteiger partial charge in [0.15, 0.2) is 4.77 Å². The second kappa shape index (κ2) is 7.03. The summed E-state index contributed by atoms with van der Waals surface area (Å²) in [5, 5.41) is 0. The summed E-state index contributed by atoms with van der Waals surface area (Å²) in [6.45, 7) is 2.73. The van der Waals surface area contributed by atoms with Crippen molar-refractivity contribution >= 4 is 12.2 Å². The van der Waals surface area contributed by atoms with Gasteiger partial charge in [-0.25, -0.2) is 14.2 Å². The molecular weight excluding hydrogens is 290 g/mol. The average Bonchev–Trinajstić information content (AvgIpc) is 2.43. The van der Waals surface area contributed by atoms with E-state index in [4.69, 9.17) is 17.0 Å². The summed E-state index contributed by atoms with van der Waals surface area (Å²) >= 11 is 4.76. The first-order valence-electron chi connectivity index (χ1n) is 6.80. The van der Waals surface area contributed by atoms with Crippen LogP contribution in [0.4, 0.5) is 0 Å². The number of hydrogen-bond acceptors (Lipinski definition) is 4. The van der Waals surface area contributed by atoms with E-state index in [1.165, 1.54) is 0 Å². The summed E-state index contributed by atoms with van der Waals surface area (Å²) in [6.07, 6.45) is 3.20. The summed E-state index contributed by atoms with van der Waals surface area (Å²) < 4.78 is 6.60. The smallest absolute Gasteiger partial charge is 0.336 e. The van der Waals surface area contributed by atoms with Crippen LogP contribution in [0.1, 0.15) is 26.2 Å². The van der Waals surface area contributed by atoms with E-state index in [2.05, 4.69) is 16.9 Å². The molecule has 2 rings (SSSR count). The molecule has 0 fully saturated rings. The highest BCUT2D eigenvalue weighted by Gasteiger charge is 2.06. The lowest BCUT2D eigenvalue weighted by Crippen LogP contribution is -2.35. The predicted octanol–water partition coefficient (Wildman–Crippen LogP) is 2.15. The van der Waals surface area contributed by atoms with Gasteiger partial charge in [0.2, 0.25) is 0 Å². The number of nitrogens with one attached hydrogen (secondary N) is 2. The zero-order valence-corrected chi connectivity index (χ0v) is 12.5. The zero-order chi connectivity index (χ0) is 15.2. The molecule has 1 aromatic heterocycles. The van der Waals surface area contributed by atoms with Gasteiger partial charge in [-0.15, -0.1) is 0 Å². The van der Waals surface area contributed by atoms with Crippen molar-refractivity contribution in [1.29, 1.82) is 0 Å². The maximum absolute atomic E-state index is 11.9. The van der Waals surface area contributed by atoms with Gasteiger partial charge >= 0.3 is 11.4 Å². The molecule has 0 spiro atoms. The topological polar surface area (TPSA) is 79.9 Å². The lowest BCUT2D eigenvalue weighted by molar-refractivity contribution is 0.306. The first-order valence-corrected chi connectivity index (χ1v) is 7.21. The van der Waals surface area contributed by atoms with Gasteiger partial charge in [0.05, 0.1) is 12.3 Å². The minimum atomic E-state index is -0.577. The van der Waals surface area contributed by atoms with Crippen molar-refractivity contribution in [3.8, 4) is 11.4 Å². The van der Waals surface area contributed by atoms with Crippen molar-refractivity contribution < 1.29 is 4.74 Å². The minimum absolute atomic E-state index is 0.00761. The van der Waals surface area contributed by atoms with E-state index in [9.17, 15) is 9.59 Å². The molecule has 0 saturated carbocycles. The molecule has 0 unspecified atom stereocenters. The number of unbranched alkanes of at least 4 members (excludes halogenated alkanes) is 2. The third kappa shape index (κ3) is 3.91. The van der Waals surface area contributed by atoms with Gasteiger partial charge in [0, 0.05) is 6.07 Å². The molecule has 0 aliphatic carbocycles. The number of H-pyrrole nitrogens is 2. The normalized spacial score (nSPS) is 10.5. The molecule has 0 radical (unpaired) electrons. The van der Waals surface area contributed by atoms with Gasteiger partial charge in [0.1, 0.15) is 5.75 Å². The molecule has 0 amide bonds. The maximum atomic E-state index is 11.9. The molecule has 0 aliphatic heterocycles. The molecule has 0 aliphatic rings. The first kappa shape index (κ1) is 15.2. The fourth-order valence-corrected chi connectivity index (χ4v) is 2.09. The fraction of sp³-hybridized carbons (Fsp3) is 0.357. The van der Waals surface area contributed by atoms with E-state index in [1.54, 1.807) is 24.3 Å². The van der Waals surface area contributed by atoms with Crippen molar-refractivity contribution in [3.63, 3.8) is 0 Å². The summed E-state index contributed by atoms with van der Waals surface area (Å²) in [5.74, 6) is 0.623. The standard InChI is InChI=1S/C14H17N3O3S/c1-2-3-4-8-20-11-7-5-6-10(9-11)17-13(18)15-12(21)16-14(17)19/h5-7,9H,2-4,8H2,1H3,(H2,15,16,18,19,21). The lowest BCUT2D eigenvalue weighted by atomic mass is 10.2. The van der Waals surface area contributed by atoms with Crippen LogP contribution in [-0.2, 0) is 0 Å². The molecule has 0 bridgehead atoms. The molecule has 112 valence electrons. The summed E-state index contributed by atoms with van der Waals surface area (Å²) in [5.41, 5.74) is -0.723. The Labute approximate surface area is 126 Å². The molecule has 1 aromatic carbocycles. The van der Waals surface area contributed by atoms with E-state index in [0.717, 1.165) is 23.8 Å². The molecule has 7 heteroatoms. The molecule has 0 saturated heterocycles. The van der Waals surface area contributed by atoms with Crippen LogP contribution in [0.3, 0.4) is 0 Å². The van der Waals surface area contributed by atoms with Crippen molar-refractivity contribution in [2.45, 2.75) is 26.2 Å². The van der Waals surface area contributed by atoms with Gasteiger partial charge in [0.25, 0.3) is 0 Å². The van der Waals surface area contributed by atoms with E-state index in [-0.39, 0.29) is 4.77 Å². The summed E-state index contributed by atoms with van der Waals surface area (Å²) in [4.78, 5) is 28.5. The summed E-state index contributed by atoms with van der Waals surface area (Å²) in [6, 6.07) is 6.84. The van der Waals surface area contributed by atoms with Crippen LogP contribution in [0.5, 0.6) is 5.75 Å². The van der Waals surface area contributed by atoms with E-state index >= 15 is 0 Å². The third-order valence-corrected chi connectivity index (χ3v) is 3.14. The molecule has 2 N–H and O–H groups in total. The number of aromatic amines is 2. The second-order valence-corrected chi connectivity index (χ2v) is 4.99. The Morgan fingerprint density at radius 3 is 2.57 bits per heavy atom. The average molecular weight is 307 g/mol. The Hall–Kier alpha value is -2.15. The lowest BCUT2D eigenvalue weighted by Gasteiger charge is -2.08.